The molecule has 0 radical (unpaired) electrons. The maximum absolute atomic E-state index is 2.75. The van der Waals surface area contributed by atoms with Crippen molar-refractivity contribution in [2.75, 3.05) is 0 Å². The number of hydrogen-bond acceptors (Lipinski definition) is 0. The Morgan fingerprint density at radius 2 is 1.52 bits per heavy atom. The third-order valence-electron chi connectivity index (χ3n) is 10.8. The molecule has 0 heterocycles. The minimum Gasteiger partial charge on any atom is -0.0628 e. The van der Waals surface area contributed by atoms with Crippen molar-refractivity contribution in [3.8, 4) is 0 Å². The summed E-state index contributed by atoms with van der Waals surface area (Å²) >= 11 is 0. The maximum Gasteiger partial charge on any atom is -0.0264 e. The first kappa shape index (κ1) is 20.3. The van der Waals surface area contributed by atoms with Gasteiger partial charge in [0.25, 0.3) is 0 Å². The summed E-state index contributed by atoms with van der Waals surface area (Å²) in [6.45, 7) is 12.9. The molecular weight excluding hydrogens is 324 g/mol. The van der Waals surface area contributed by atoms with E-state index in [1.807, 2.05) is 0 Å². The predicted molar refractivity (Wildman–Crippen MR) is 118 cm³/mol. The highest BCUT2D eigenvalue weighted by Gasteiger charge is 2.59. The van der Waals surface area contributed by atoms with Gasteiger partial charge in [-0.05, 0) is 104 Å². The molecule has 0 aliphatic heterocycles. The fourth-order valence-corrected chi connectivity index (χ4v) is 9.32. The maximum atomic E-state index is 2.75. The van der Waals surface area contributed by atoms with E-state index >= 15 is 0 Å². The average molecular weight is 373 g/mol. The van der Waals surface area contributed by atoms with E-state index in [1.54, 1.807) is 51.4 Å². The topological polar surface area (TPSA) is 0 Å². The van der Waals surface area contributed by atoms with Gasteiger partial charge in [-0.1, -0.05) is 66.7 Å². The molecule has 0 nitrogen and oxygen atoms in total. The zero-order valence-electron chi connectivity index (χ0n) is 19.2. The van der Waals surface area contributed by atoms with E-state index in [4.69, 9.17) is 0 Å². The van der Waals surface area contributed by atoms with E-state index in [1.165, 1.54) is 32.1 Å². The SMILES string of the molecule is CC(C)CCC[C@H](C)[C@@H]1CC[C@@H]2[C@H]3CC[C@H]4CCCC[C@]4(C)[C@@H]3CC[C@@]21C. The molecule has 4 aliphatic rings. The highest BCUT2D eigenvalue weighted by molar-refractivity contribution is 5.09. The Labute approximate surface area is 170 Å². The Bertz CT molecular complexity index is 506. The lowest BCUT2D eigenvalue weighted by atomic mass is 9.44. The molecule has 4 fully saturated rings. The van der Waals surface area contributed by atoms with Gasteiger partial charge in [0.05, 0.1) is 0 Å². The van der Waals surface area contributed by atoms with Crippen LogP contribution >= 0.6 is 0 Å². The van der Waals surface area contributed by atoms with E-state index < -0.39 is 0 Å². The van der Waals surface area contributed by atoms with Gasteiger partial charge in [-0.3, -0.25) is 0 Å². The highest BCUT2D eigenvalue weighted by atomic mass is 14.6. The first-order chi connectivity index (χ1) is 12.9. The molecule has 4 aliphatic carbocycles. The van der Waals surface area contributed by atoms with E-state index in [0.717, 1.165) is 41.4 Å². The summed E-state index contributed by atoms with van der Waals surface area (Å²) in [5.74, 6) is 7.15. The Balaban J connectivity index is 1.46. The molecule has 0 saturated heterocycles. The Morgan fingerprint density at radius 1 is 0.741 bits per heavy atom. The summed E-state index contributed by atoms with van der Waals surface area (Å²) in [6.07, 6.45) is 19.9. The van der Waals surface area contributed by atoms with Gasteiger partial charge in [-0.2, -0.15) is 0 Å². The van der Waals surface area contributed by atoms with Crippen LogP contribution in [0.5, 0.6) is 0 Å². The summed E-state index contributed by atoms with van der Waals surface area (Å²) < 4.78 is 0. The van der Waals surface area contributed by atoms with Crippen LogP contribution < -0.4 is 0 Å². The van der Waals surface area contributed by atoms with Crippen LogP contribution in [-0.2, 0) is 0 Å². The quantitative estimate of drug-likeness (QED) is 0.453. The van der Waals surface area contributed by atoms with E-state index in [-0.39, 0.29) is 0 Å². The van der Waals surface area contributed by atoms with Gasteiger partial charge in [0.15, 0.2) is 0 Å². The summed E-state index contributed by atoms with van der Waals surface area (Å²) in [5, 5.41) is 0. The molecular formula is C27H48. The molecule has 0 spiro atoms. The van der Waals surface area contributed by atoms with Crippen LogP contribution in [0.2, 0.25) is 0 Å². The number of fused-ring (bicyclic) bond motifs is 5. The normalized spacial score (nSPS) is 48.0. The Morgan fingerprint density at radius 3 is 2.30 bits per heavy atom. The molecule has 0 amide bonds. The lowest BCUT2D eigenvalue weighted by molar-refractivity contribution is -0.114. The molecule has 0 aromatic heterocycles. The van der Waals surface area contributed by atoms with Crippen LogP contribution in [0, 0.1) is 52.3 Å². The lowest BCUT2D eigenvalue weighted by Crippen LogP contribution is -2.53. The van der Waals surface area contributed by atoms with Crippen molar-refractivity contribution in [1.82, 2.24) is 0 Å². The molecule has 0 aromatic carbocycles. The molecule has 0 bridgehead atoms. The minimum absolute atomic E-state index is 0.677. The van der Waals surface area contributed by atoms with Crippen molar-refractivity contribution in [3.05, 3.63) is 0 Å². The molecule has 0 N–H and O–H groups in total. The van der Waals surface area contributed by atoms with E-state index in [9.17, 15) is 0 Å². The fraction of sp³-hybridized carbons (Fsp3) is 1.00. The standard InChI is InChI=1S/C27H48/c1-19(2)9-8-10-20(3)23-14-15-24-22-13-12-21-11-6-7-17-26(21,4)25(22)16-18-27(23,24)5/h19-25H,6-18H2,1-5H3/t20-,21+,22+,23-,24+,25+,26-,27+/m0/s1. The minimum atomic E-state index is 0.677. The second kappa shape index (κ2) is 7.68. The van der Waals surface area contributed by atoms with Gasteiger partial charge >= 0.3 is 0 Å². The zero-order chi connectivity index (χ0) is 19.2. The fourth-order valence-electron chi connectivity index (χ4n) is 9.32. The van der Waals surface area contributed by atoms with Gasteiger partial charge in [-0.25, -0.2) is 0 Å². The molecule has 156 valence electrons. The van der Waals surface area contributed by atoms with Crippen LogP contribution in [0.25, 0.3) is 0 Å². The van der Waals surface area contributed by atoms with Crippen LogP contribution in [-0.4, -0.2) is 0 Å². The van der Waals surface area contributed by atoms with Crippen molar-refractivity contribution in [1.29, 1.82) is 0 Å². The lowest BCUT2D eigenvalue weighted by Gasteiger charge is -2.61. The Hall–Kier alpha value is 0. The van der Waals surface area contributed by atoms with Gasteiger partial charge in [0.1, 0.15) is 0 Å². The van der Waals surface area contributed by atoms with Crippen LogP contribution in [0.1, 0.15) is 118 Å². The number of hydrogen-bond donors (Lipinski definition) is 0. The number of rotatable bonds is 5. The monoisotopic (exact) mass is 372 g/mol. The summed E-state index contributed by atoms with van der Waals surface area (Å²) in [6, 6.07) is 0. The predicted octanol–water partition coefficient (Wildman–Crippen LogP) is 8.50. The summed E-state index contributed by atoms with van der Waals surface area (Å²) in [7, 11) is 0. The first-order valence-electron chi connectivity index (χ1n) is 12.9. The third-order valence-corrected chi connectivity index (χ3v) is 10.8. The zero-order valence-corrected chi connectivity index (χ0v) is 19.2. The van der Waals surface area contributed by atoms with Gasteiger partial charge in [-0.15, -0.1) is 0 Å². The van der Waals surface area contributed by atoms with Crippen molar-refractivity contribution in [3.63, 3.8) is 0 Å². The van der Waals surface area contributed by atoms with E-state index in [0.29, 0.717) is 10.8 Å². The molecule has 27 heavy (non-hydrogen) atoms. The van der Waals surface area contributed by atoms with Crippen LogP contribution in [0.15, 0.2) is 0 Å². The van der Waals surface area contributed by atoms with Gasteiger partial charge in [0, 0.05) is 0 Å². The molecule has 0 heteroatoms. The average Bonchev–Trinajstić information content (AvgIpc) is 2.98. The molecule has 0 unspecified atom stereocenters. The first-order valence-corrected chi connectivity index (χ1v) is 12.9. The summed E-state index contributed by atoms with van der Waals surface area (Å²) in [4.78, 5) is 0. The van der Waals surface area contributed by atoms with Crippen molar-refractivity contribution in [2.24, 2.45) is 52.3 Å². The molecule has 8 atom stereocenters. The molecule has 0 aromatic rings. The third kappa shape index (κ3) is 3.44. The second-order valence-corrected chi connectivity index (χ2v) is 12.4. The molecule has 4 rings (SSSR count). The highest BCUT2D eigenvalue weighted by Crippen LogP contribution is 2.68. The Kier molecular flexibility index (Phi) is 5.77. The largest absolute Gasteiger partial charge is 0.0628 e. The van der Waals surface area contributed by atoms with E-state index in [2.05, 4.69) is 34.6 Å². The molecule has 4 saturated carbocycles. The van der Waals surface area contributed by atoms with Crippen LogP contribution in [0.3, 0.4) is 0 Å². The van der Waals surface area contributed by atoms with Crippen molar-refractivity contribution in [2.45, 2.75) is 118 Å². The summed E-state index contributed by atoms with van der Waals surface area (Å²) in [5.41, 5.74) is 1.39. The van der Waals surface area contributed by atoms with Crippen LogP contribution in [0.4, 0.5) is 0 Å². The van der Waals surface area contributed by atoms with Crippen molar-refractivity contribution < 1.29 is 0 Å². The van der Waals surface area contributed by atoms with Gasteiger partial charge < -0.3 is 0 Å². The smallest absolute Gasteiger partial charge is 0.0264 e. The van der Waals surface area contributed by atoms with Gasteiger partial charge in [0.2, 0.25) is 0 Å². The second-order valence-electron chi connectivity index (χ2n) is 12.4. The van der Waals surface area contributed by atoms with Crippen molar-refractivity contribution >= 4 is 0 Å².